The average molecular weight is 257 g/mol. The van der Waals surface area contributed by atoms with Crippen LogP contribution < -0.4 is 4.74 Å². The minimum absolute atomic E-state index is 0.229. The van der Waals surface area contributed by atoms with Crippen LogP contribution in [0, 0.1) is 6.92 Å². The predicted molar refractivity (Wildman–Crippen MR) is 64.0 cm³/mol. The molecule has 0 radical (unpaired) electrons. The molecule has 0 saturated carbocycles. The summed E-state index contributed by atoms with van der Waals surface area (Å²) in [5, 5.41) is 0. The molecule has 1 rings (SSSR count). The van der Waals surface area contributed by atoms with Crippen molar-refractivity contribution in [2.45, 2.75) is 40.2 Å². The van der Waals surface area contributed by atoms with Crippen molar-refractivity contribution in [2.24, 2.45) is 0 Å². The summed E-state index contributed by atoms with van der Waals surface area (Å²) in [6.07, 6.45) is 1.27. The van der Waals surface area contributed by atoms with Crippen molar-refractivity contribution < 1.29 is 4.74 Å². The second kappa shape index (κ2) is 4.83. The van der Waals surface area contributed by atoms with Crippen LogP contribution in [0.15, 0.2) is 16.6 Å². The molecule has 0 atom stereocenters. The van der Waals surface area contributed by atoms with Crippen molar-refractivity contribution >= 4 is 15.9 Å². The second-order valence-corrected chi connectivity index (χ2v) is 4.62. The van der Waals surface area contributed by atoms with Gasteiger partial charge in [0.2, 0.25) is 0 Å². The standard InChI is InChI=1S/C12H17BrO/c1-5-10-6-11(13)7-12(9(10)4)14-8(2)3/h6-8H,5H2,1-4H3. The van der Waals surface area contributed by atoms with E-state index >= 15 is 0 Å². The van der Waals surface area contributed by atoms with Crippen LogP contribution in [0.5, 0.6) is 5.75 Å². The maximum atomic E-state index is 5.74. The predicted octanol–water partition coefficient (Wildman–Crippen LogP) is 4.11. The number of rotatable bonds is 3. The minimum Gasteiger partial charge on any atom is -0.491 e. The highest BCUT2D eigenvalue weighted by atomic mass is 79.9. The molecule has 2 heteroatoms. The van der Waals surface area contributed by atoms with Crippen LogP contribution in [0.1, 0.15) is 31.9 Å². The van der Waals surface area contributed by atoms with Gasteiger partial charge in [-0.15, -0.1) is 0 Å². The van der Waals surface area contributed by atoms with Gasteiger partial charge in [0.25, 0.3) is 0 Å². The minimum atomic E-state index is 0.229. The van der Waals surface area contributed by atoms with Crippen LogP contribution >= 0.6 is 15.9 Å². The average Bonchev–Trinajstić information content (AvgIpc) is 2.09. The smallest absolute Gasteiger partial charge is 0.123 e. The molecule has 0 spiro atoms. The Kier molecular flexibility index (Phi) is 3.99. The lowest BCUT2D eigenvalue weighted by molar-refractivity contribution is 0.240. The van der Waals surface area contributed by atoms with E-state index in [0.717, 1.165) is 16.6 Å². The first-order valence-corrected chi connectivity index (χ1v) is 5.79. The Morgan fingerprint density at radius 2 is 2.00 bits per heavy atom. The third-order valence-electron chi connectivity index (χ3n) is 2.18. The van der Waals surface area contributed by atoms with Crippen LogP contribution in [0.2, 0.25) is 0 Å². The summed E-state index contributed by atoms with van der Waals surface area (Å²) in [7, 11) is 0. The van der Waals surface area contributed by atoms with Crippen LogP contribution in [0.3, 0.4) is 0 Å². The number of benzene rings is 1. The number of hydrogen-bond acceptors (Lipinski definition) is 1. The third kappa shape index (κ3) is 2.74. The SMILES string of the molecule is CCc1cc(Br)cc(OC(C)C)c1C. The van der Waals surface area contributed by atoms with E-state index in [1.807, 2.05) is 19.9 Å². The van der Waals surface area contributed by atoms with E-state index in [-0.39, 0.29) is 6.10 Å². The summed E-state index contributed by atoms with van der Waals surface area (Å²) in [6.45, 7) is 8.37. The lowest BCUT2D eigenvalue weighted by atomic mass is 10.1. The Morgan fingerprint density at radius 3 is 2.50 bits per heavy atom. The van der Waals surface area contributed by atoms with Gasteiger partial charge in [-0.05, 0) is 50.5 Å². The molecule has 0 saturated heterocycles. The molecule has 0 heterocycles. The van der Waals surface area contributed by atoms with E-state index in [2.05, 4.69) is 35.8 Å². The monoisotopic (exact) mass is 256 g/mol. The molecule has 78 valence electrons. The first kappa shape index (κ1) is 11.6. The normalized spacial score (nSPS) is 10.7. The van der Waals surface area contributed by atoms with E-state index in [1.54, 1.807) is 0 Å². The Labute approximate surface area is 94.6 Å². The molecular formula is C12H17BrO. The summed E-state index contributed by atoms with van der Waals surface area (Å²) in [6, 6.07) is 4.19. The fourth-order valence-electron chi connectivity index (χ4n) is 1.45. The van der Waals surface area contributed by atoms with Gasteiger partial charge in [-0.1, -0.05) is 22.9 Å². The lowest BCUT2D eigenvalue weighted by Crippen LogP contribution is -2.07. The van der Waals surface area contributed by atoms with Crippen LogP contribution in [-0.2, 0) is 6.42 Å². The van der Waals surface area contributed by atoms with Gasteiger partial charge in [-0.25, -0.2) is 0 Å². The molecule has 0 amide bonds. The van der Waals surface area contributed by atoms with E-state index in [1.165, 1.54) is 11.1 Å². The fraction of sp³-hybridized carbons (Fsp3) is 0.500. The molecule has 0 fully saturated rings. The Hall–Kier alpha value is -0.500. The van der Waals surface area contributed by atoms with Crippen molar-refractivity contribution in [2.75, 3.05) is 0 Å². The molecule has 1 nitrogen and oxygen atoms in total. The van der Waals surface area contributed by atoms with E-state index in [9.17, 15) is 0 Å². The van der Waals surface area contributed by atoms with Gasteiger partial charge in [-0.3, -0.25) is 0 Å². The molecule has 0 unspecified atom stereocenters. The van der Waals surface area contributed by atoms with E-state index < -0.39 is 0 Å². The molecule has 0 aliphatic carbocycles. The van der Waals surface area contributed by atoms with Crippen LogP contribution in [-0.4, -0.2) is 6.10 Å². The Balaban J connectivity index is 3.08. The quantitative estimate of drug-likeness (QED) is 0.791. The zero-order valence-electron chi connectivity index (χ0n) is 9.23. The zero-order valence-corrected chi connectivity index (χ0v) is 10.8. The highest BCUT2D eigenvalue weighted by Crippen LogP contribution is 2.28. The van der Waals surface area contributed by atoms with Crippen molar-refractivity contribution in [1.29, 1.82) is 0 Å². The van der Waals surface area contributed by atoms with Gasteiger partial charge in [0.1, 0.15) is 5.75 Å². The van der Waals surface area contributed by atoms with E-state index in [0.29, 0.717) is 0 Å². The first-order valence-electron chi connectivity index (χ1n) is 5.00. The highest BCUT2D eigenvalue weighted by molar-refractivity contribution is 9.10. The molecule has 0 aliphatic rings. The summed E-state index contributed by atoms with van der Waals surface area (Å²) in [5.41, 5.74) is 2.60. The molecule has 0 bridgehead atoms. The molecular weight excluding hydrogens is 240 g/mol. The largest absolute Gasteiger partial charge is 0.491 e. The van der Waals surface area contributed by atoms with Gasteiger partial charge >= 0.3 is 0 Å². The highest BCUT2D eigenvalue weighted by Gasteiger charge is 2.07. The Morgan fingerprint density at radius 1 is 1.36 bits per heavy atom. The third-order valence-corrected chi connectivity index (χ3v) is 2.63. The maximum absolute atomic E-state index is 5.74. The van der Waals surface area contributed by atoms with Crippen molar-refractivity contribution in [1.82, 2.24) is 0 Å². The lowest BCUT2D eigenvalue weighted by Gasteiger charge is -2.15. The second-order valence-electron chi connectivity index (χ2n) is 3.71. The number of hydrogen-bond donors (Lipinski definition) is 0. The molecule has 0 N–H and O–H groups in total. The zero-order chi connectivity index (χ0) is 10.7. The van der Waals surface area contributed by atoms with Gasteiger partial charge in [0, 0.05) is 4.47 Å². The first-order chi connectivity index (χ1) is 6.54. The number of aryl methyl sites for hydroxylation is 1. The molecule has 1 aromatic carbocycles. The molecule has 0 aromatic heterocycles. The van der Waals surface area contributed by atoms with Gasteiger partial charge in [0.05, 0.1) is 6.10 Å². The maximum Gasteiger partial charge on any atom is 0.123 e. The van der Waals surface area contributed by atoms with Gasteiger partial charge in [0.15, 0.2) is 0 Å². The number of ether oxygens (including phenoxy) is 1. The molecule has 1 aromatic rings. The van der Waals surface area contributed by atoms with E-state index in [4.69, 9.17) is 4.74 Å². The molecule has 0 aliphatic heterocycles. The summed E-state index contributed by atoms with van der Waals surface area (Å²) >= 11 is 3.50. The Bertz CT molecular complexity index is 318. The van der Waals surface area contributed by atoms with Crippen molar-refractivity contribution in [3.05, 3.63) is 27.7 Å². The van der Waals surface area contributed by atoms with Gasteiger partial charge < -0.3 is 4.74 Å². The van der Waals surface area contributed by atoms with Crippen molar-refractivity contribution in [3.63, 3.8) is 0 Å². The summed E-state index contributed by atoms with van der Waals surface area (Å²) in [5.74, 6) is 0.992. The van der Waals surface area contributed by atoms with Crippen molar-refractivity contribution in [3.8, 4) is 5.75 Å². The van der Waals surface area contributed by atoms with Crippen LogP contribution in [0.25, 0.3) is 0 Å². The molecule has 14 heavy (non-hydrogen) atoms. The fourth-order valence-corrected chi connectivity index (χ4v) is 1.94. The number of halogens is 1. The van der Waals surface area contributed by atoms with Crippen LogP contribution in [0.4, 0.5) is 0 Å². The van der Waals surface area contributed by atoms with Gasteiger partial charge in [-0.2, -0.15) is 0 Å². The summed E-state index contributed by atoms with van der Waals surface area (Å²) in [4.78, 5) is 0. The summed E-state index contributed by atoms with van der Waals surface area (Å²) < 4.78 is 6.83. The topological polar surface area (TPSA) is 9.23 Å².